The molecule has 0 heterocycles. The maximum absolute atomic E-state index is 12.0. The Morgan fingerprint density at radius 3 is 2.35 bits per heavy atom. The number of nitrogens with one attached hydrogen (secondary N) is 1. The number of carbonyl (C=O) groups excluding carboxylic acids is 2. The van der Waals surface area contributed by atoms with E-state index in [-0.39, 0.29) is 23.0 Å². The molecule has 0 unspecified atom stereocenters. The molecule has 1 rings (SSSR count). The largest absolute Gasteiger partial charge is 0.452 e. The normalized spacial score (nSPS) is 11.3. The van der Waals surface area contributed by atoms with E-state index in [9.17, 15) is 18.0 Å². The molecule has 1 amide bonds. The summed E-state index contributed by atoms with van der Waals surface area (Å²) in [5, 5.41) is 2.57. The van der Waals surface area contributed by atoms with Crippen molar-refractivity contribution in [3.63, 3.8) is 0 Å². The summed E-state index contributed by atoms with van der Waals surface area (Å²) in [5.41, 5.74) is 0.146. The Balaban J connectivity index is 2.70. The minimum atomic E-state index is -3.77. The molecule has 0 aliphatic heterocycles. The molecule has 128 valence electrons. The Hall–Kier alpha value is -1.97. The molecular formula is C14H20N2O6S. The number of hydroxylamine groups is 1. The first-order chi connectivity index (χ1) is 10.8. The molecule has 1 aromatic rings. The van der Waals surface area contributed by atoms with Crippen molar-refractivity contribution in [2.24, 2.45) is 0 Å². The highest BCUT2D eigenvalue weighted by Gasteiger charge is 2.21. The van der Waals surface area contributed by atoms with E-state index in [0.717, 1.165) is 6.42 Å². The lowest BCUT2D eigenvalue weighted by Crippen LogP contribution is -2.29. The van der Waals surface area contributed by atoms with Gasteiger partial charge in [0.1, 0.15) is 0 Å². The van der Waals surface area contributed by atoms with Crippen LogP contribution >= 0.6 is 0 Å². The number of ether oxygens (including phenoxy) is 1. The van der Waals surface area contributed by atoms with Gasteiger partial charge in [0.05, 0.1) is 17.6 Å². The highest BCUT2D eigenvalue weighted by Crippen LogP contribution is 2.15. The van der Waals surface area contributed by atoms with Gasteiger partial charge in [0.25, 0.3) is 15.9 Å². The van der Waals surface area contributed by atoms with Crippen molar-refractivity contribution in [3.8, 4) is 0 Å². The van der Waals surface area contributed by atoms with Gasteiger partial charge in [-0.25, -0.2) is 13.2 Å². The molecular weight excluding hydrogens is 324 g/mol. The Kier molecular flexibility index (Phi) is 7.14. The molecule has 9 heteroatoms. The van der Waals surface area contributed by atoms with Gasteiger partial charge in [-0.2, -0.15) is 0 Å². The van der Waals surface area contributed by atoms with Crippen LogP contribution in [0.1, 0.15) is 23.7 Å². The van der Waals surface area contributed by atoms with E-state index < -0.39 is 16.0 Å². The number of benzene rings is 1. The minimum Gasteiger partial charge on any atom is -0.452 e. The number of amides is 1. The predicted molar refractivity (Wildman–Crippen MR) is 82.0 cm³/mol. The molecule has 0 bridgehead atoms. The van der Waals surface area contributed by atoms with Crippen molar-refractivity contribution in [2.75, 3.05) is 27.3 Å². The molecule has 0 saturated carbocycles. The minimum absolute atomic E-state index is 0.0286. The molecule has 23 heavy (non-hydrogen) atoms. The Morgan fingerprint density at radius 1 is 1.22 bits per heavy atom. The van der Waals surface area contributed by atoms with Crippen LogP contribution in [0.2, 0.25) is 0 Å². The van der Waals surface area contributed by atoms with Crippen molar-refractivity contribution < 1.29 is 27.6 Å². The fraction of sp³-hybridized carbons (Fsp3) is 0.429. The number of rotatable bonds is 8. The lowest BCUT2D eigenvalue weighted by Gasteiger charge is -2.14. The molecule has 0 fully saturated rings. The zero-order valence-electron chi connectivity index (χ0n) is 13.2. The topological polar surface area (TPSA) is 102 Å². The van der Waals surface area contributed by atoms with Crippen LogP contribution in [-0.2, 0) is 24.4 Å². The lowest BCUT2D eigenvalue weighted by molar-refractivity contribution is -0.124. The van der Waals surface area contributed by atoms with Crippen LogP contribution in [0.15, 0.2) is 29.2 Å². The zero-order valence-corrected chi connectivity index (χ0v) is 14.1. The van der Waals surface area contributed by atoms with E-state index in [4.69, 9.17) is 4.74 Å². The molecule has 0 radical (unpaired) electrons. The second-order valence-electron chi connectivity index (χ2n) is 4.55. The molecule has 0 aliphatic carbocycles. The van der Waals surface area contributed by atoms with Gasteiger partial charge in [0.15, 0.2) is 6.61 Å². The smallest absolute Gasteiger partial charge is 0.338 e. The molecule has 0 aromatic heterocycles. The predicted octanol–water partition coefficient (Wildman–Crippen LogP) is 0.552. The third-order valence-electron chi connectivity index (χ3n) is 2.89. The summed E-state index contributed by atoms with van der Waals surface area (Å²) in [4.78, 5) is 27.8. The molecule has 0 saturated heterocycles. The van der Waals surface area contributed by atoms with Gasteiger partial charge in [-0.05, 0) is 30.7 Å². The number of hydrogen-bond acceptors (Lipinski definition) is 6. The van der Waals surface area contributed by atoms with E-state index in [1.807, 2.05) is 6.92 Å². The highest BCUT2D eigenvalue weighted by atomic mass is 32.2. The zero-order chi connectivity index (χ0) is 17.5. The molecule has 0 atom stereocenters. The average Bonchev–Trinajstić information content (AvgIpc) is 2.56. The van der Waals surface area contributed by atoms with Gasteiger partial charge < -0.3 is 10.1 Å². The fourth-order valence-electron chi connectivity index (χ4n) is 1.54. The third-order valence-corrected chi connectivity index (χ3v) is 4.58. The number of hydrogen-bond donors (Lipinski definition) is 1. The fourth-order valence-corrected chi connectivity index (χ4v) is 2.51. The number of esters is 1. The van der Waals surface area contributed by atoms with E-state index in [1.54, 1.807) is 0 Å². The van der Waals surface area contributed by atoms with Crippen LogP contribution in [0.3, 0.4) is 0 Å². The quantitative estimate of drug-likeness (QED) is 0.546. The van der Waals surface area contributed by atoms with E-state index >= 15 is 0 Å². The Bertz CT molecular complexity index is 642. The van der Waals surface area contributed by atoms with Gasteiger partial charge in [-0.15, -0.1) is 0 Å². The van der Waals surface area contributed by atoms with Crippen molar-refractivity contribution in [1.82, 2.24) is 9.79 Å². The molecule has 0 aliphatic rings. The van der Waals surface area contributed by atoms with Crippen LogP contribution in [0.4, 0.5) is 0 Å². The Morgan fingerprint density at radius 2 is 1.83 bits per heavy atom. The van der Waals surface area contributed by atoms with Crippen LogP contribution < -0.4 is 5.32 Å². The van der Waals surface area contributed by atoms with Crippen LogP contribution in [-0.4, -0.2) is 52.1 Å². The molecule has 1 aromatic carbocycles. The lowest BCUT2D eigenvalue weighted by atomic mass is 10.2. The van der Waals surface area contributed by atoms with Crippen molar-refractivity contribution in [2.45, 2.75) is 18.2 Å². The van der Waals surface area contributed by atoms with Crippen LogP contribution in [0.25, 0.3) is 0 Å². The summed E-state index contributed by atoms with van der Waals surface area (Å²) < 4.78 is 29.5. The number of carbonyl (C=O) groups is 2. The second-order valence-corrected chi connectivity index (χ2v) is 6.48. The first kappa shape index (κ1) is 19.1. The molecule has 0 spiro atoms. The van der Waals surface area contributed by atoms with Crippen LogP contribution in [0.5, 0.6) is 0 Å². The Labute approximate surface area is 135 Å². The monoisotopic (exact) mass is 344 g/mol. The first-order valence-corrected chi connectivity index (χ1v) is 8.33. The van der Waals surface area contributed by atoms with Crippen molar-refractivity contribution in [1.29, 1.82) is 0 Å². The SMILES string of the molecule is CCCNC(=O)COC(=O)c1ccc(S(=O)(=O)N(C)OC)cc1. The standard InChI is InChI=1S/C14H20N2O6S/c1-4-9-15-13(17)10-22-14(18)11-5-7-12(8-6-11)23(19,20)16(2)21-3/h5-8H,4,9-10H2,1-3H3,(H,15,17). The second kappa shape index (κ2) is 8.61. The first-order valence-electron chi connectivity index (χ1n) is 6.89. The molecule has 8 nitrogen and oxygen atoms in total. The summed E-state index contributed by atoms with van der Waals surface area (Å²) in [6.45, 7) is 2.03. The highest BCUT2D eigenvalue weighted by molar-refractivity contribution is 7.89. The number of nitrogens with zero attached hydrogens (tertiary/aromatic N) is 1. The van der Waals surface area contributed by atoms with Crippen molar-refractivity contribution in [3.05, 3.63) is 29.8 Å². The maximum Gasteiger partial charge on any atom is 0.338 e. The summed E-state index contributed by atoms with van der Waals surface area (Å²) in [7, 11) is -1.29. The summed E-state index contributed by atoms with van der Waals surface area (Å²) in [6.07, 6.45) is 0.783. The van der Waals surface area contributed by atoms with E-state index in [2.05, 4.69) is 10.2 Å². The van der Waals surface area contributed by atoms with E-state index in [1.165, 1.54) is 38.4 Å². The van der Waals surface area contributed by atoms with E-state index in [0.29, 0.717) is 11.0 Å². The van der Waals surface area contributed by atoms with Gasteiger partial charge in [-0.1, -0.05) is 11.4 Å². The van der Waals surface area contributed by atoms with Crippen molar-refractivity contribution >= 4 is 21.9 Å². The third kappa shape index (κ3) is 5.31. The van der Waals surface area contributed by atoms with Gasteiger partial charge in [-0.3, -0.25) is 9.63 Å². The summed E-state index contributed by atoms with van der Waals surface area (Å²) in [5.74, 6) is -1.10. The average molecular weight is 344 g/mol. The van der Waals surface area contributed by atoms with Gasteiger partial charge >= 0.3 is 5.97 Å². The maximum atomic E-state index is 12.0. The summed E-state index contributed by atoms with van der Waals surface area (Å²) in [6, 6.07) is 5.14. The van der Waals surface area contributed by atoms with Crippen LogP contribution in [0, 0.1) is 0 Å². The van der Waals surface area contributed by atoms with Gasteiger partial charge in [0.2, 0.25) is 0 Å². The molecule has 1 N–H and O–H groups in total. The summed E-state index contributed by atoms with van der Waals surface area (Å²) >= 11 is 0. The number of sulfonamides is 1. The van der Waals surface area contributed by atoms with Gasteiger partial charge in [0, 0.05) is 13.6 Å².